The molecule has 2 rings (SSSR count). The van der Waals surface area contributed by atoms with Gasteiger partial charge in [-0.2, -0.15) is 0 Å². The van der Waals surface area contributed by atoms with Crippen molar-refractivity contribution < 1.29 is 9.59 Å². The zero-order chi connectivity index (χ0) is 19.2. The molecule has 2 N–H and O–H groups in total. The van der Waals surface area contributed by atoms with Gasteiger partial charge in [0.15, 0.2) is 5.78 Å². The Labute approximate surface area is 149 Å². The number of hydrogen-bond donors (Lipinski definition) is 2. The quantitative estimate of drug-likeness (QED) is 0.879. The normalized spacial score (nSPS) is 17.2. The SMILES string of the molecule is CC(C)(C)CC(C)(C)NC(=O)c1cc2c([nH]c1=O)CC(C)(C)CC2=O. The van der Waals surface area contributed by atoms with Crippen molar-refractivity contribution >= 4 is 11.7 Å². The molecule has 0 bridgehead atoms. The Kier molecular flexibility index (Phi) is 4.75. The summed E-state index contributed by atoms with van der Waals surface area (Å²) in [6, 6.07) is 1.47. The van der Waals surface area contributed by atoms with Crippen molar-refractivity contribution in [3.05, 3.63) is 33.2 Å². The zero-order valence-electron chi connectivity index (χ0n) is 16.4. The molecule has 5 nitrogen and oxygen atoms in total. The van der Waals surface area contributed by atoms with Crippen molar-refractivity contribution in [2.45, 2.75) is 73.3 Å². The van der Waals surface area contributed by atoms with Gasteiger partial charge in [-0.25, -0.2) is 0 Å². The van der Waals surface area contributed by atoms with E-state index >= 15 is 0 Å². The van der Waals surface area contributed by atoms with E-state index in [9.17, 15) is 14.4 Å². The van der Waals surface area contributed by atoms with E-state index in [-0.39, 0.29) is 22.2 Å². The average molecular weight is 346 g/mol. The fraction of sp³-hybridized carbons (Fsp3) is 0.650. The first-order chi connectivity index (χ1) is 11.2. The second kappa shape index (κ2) is 6.11. The van der Waals surface area contributed by atoms with Gasteiger partial charge >= 0.3 is 0 Å². The van der Waals surface area contributed by atoms with Crippen LogP contribution in [0, 0.1) is 10.8 Å². The number of aromatic nitrogens is 1. The molecule has 1 amide bonds. The summed E-state index contributed by atoms with van der Waals surface area (Å²) in [5, 5.41) is 2.94. The van der Waals surface area contributed by atoms with Crippen LogP contribution < -0.4 is 10.9 Å². The van der Waals surface area contributed by atoms with Gasteiger partial charge in [0.25, 0.3) is 11.5 Å². The highest BCUT2D eigenvalue weighted by Crippen LogP contribution is 2.33. The fourth-order valence-electron chi connectivity index (χ4n) is 3.94. The number of carbonyl (C=O) groups excluding carboxylic acids is 2. The number of amides is 1. The van der Waals surface area contributed by atoms with Crippen molar-refractivity contribution in [1.29, 1.82) is 0 Å². The van der Waals surface area contributed by atoms with Crippen LogP contribution in [0.3, 0.4) is 0 Å². The Balaban J connectivity index is 2.32. The molecule has 138 valence electrons. The molecule has 1 aliphatic rings. The van der Waals surface area contributed by atoms with Crippen molar-refractivity contribution in [2.24, 2.45) is 10.8 Å². The number of pyridine rings is 1. The summed E-state index contributed by atoms with van der Waals surface area (Å²) in [4.78, 5) is 40.2. The second-order valence-electron chi connectivity index (χ2n) is 9.92. The van der Waals surface area contributed by atoms with Gasteiger partial charge in [0, 0.05) is 23.2 Å². The Bertz CT molecular complexity index is 764. The number of carbonyl (C=O) groups is 2. The molecule has 25 heavy (non-hydrogen) atoms. The molecule has 5 heteroatoms. The first-order valence-electron chi connectivity index (χ1n) is 8.81. The Morgan fingerprint density at radius 2 is 1.76 bits per heavy atom. The highest BCUT2D eigenvalue weighted by atomic mass is 16.2. The number of rotatable bonds is 3. The number of aromatic amines is 1. The van der Waals surface area contributed by atoms with Crippen LogP contribution in [0.2, 0.25) is 0 Å². The van der Waals surface area contributed by atoms with E-state index in [1.54, 1.807) is 0 Å². The molecule has 1 aliphatic carbocycles. The summed E-state index contributed by atoms with van der Waals surface area (Å²) >= 11 is 0. The molecule has 0 atom stereocenters. The van der Waals surface area contributed by atoms with E-state index in [1.165, 1.54) is 6.07 Å². The lowest BCUT2D eigenvalue weighted by Crippen LogP contribution is -2.47. The summed E-state index contributed by atoms with van der Waals surface area (Å²) in [7, 11) is 0. The highest BCUT2D eigenvalue weighted by Gasteiger charge is 2.33. The van der Waals surface area contributed by atoms with Gasteiger partial charge in [-0.15, -0.1) is 0 Å². The number of fused-ring (bicyclic) bond motifs is 1. The summed E-state index contributed by atoms with van der Waals surface area (Å²) < 4.78 is 0. The molecule has 1 aromatic rings. The van der Waals surface area contributed by atoms with E-state index in [0.717, 1.165) is 6.42 Å². The van der Waals surface area contributed by atoms with Crippen LogP contribution in [-0.2, 0) is 6.42 Å². The smallest absolute Gasteiger partial charge is 0.261 e. The van der Waals surface area contributed by atoms with Crippen molar-refractivity contribution in [3.63, 3.8) is 0 Å². The van der Waals surface area contributed by atoms with Crippen molar-refractivity contribution in [3.8, 4) is 0 Å². The van der Waals surface area contributed by atoms with Crippen LogP contribution in [0.1, 0.15) is 87.7 Å². The van der Waals surface area contributed by atoms with E-state index in [2.05, 4.69) is 31.1 Å². The summed E-state index contributed by atoms with van der Waals surface area (Å²) in [5.74, 6) is -0.457. The van der Waals surface area contributed by atoms with Gasteiger partial charge in [-0.1, -0.05) is 34.6 Å². The van der Waals surface area contributed by atoms with Gasteiger partial charge in [0.05, 0.1) is 0 Å². The largest absolute Gasteiger partial charge is 0.347 e. The number of Topliss-reactive ketones (excluding diaryl/α,β-unsaturated/α-hetero) is 1. The van der Waals surface area contributed by atoms with Gasteiger partial charge in [-0.05, 0) is 43.6 Å². The van der Waals surface area contributed by atoms with E-state index in [1.807, 2.05) is 27.7 Å². The Morgan fingerprint density at radius 1 is 1.16 bits per heavy atom. The fourth-order valence-corrected chi connectivity index (χ4v) is 3.94. The van der Waals surface area contributed by atoms with Crippen LogP contribution >= 0.6 is 0 Å². The van der Waals surface area contributed by atoms with E-state index < -0.39 is 17.0 Å². The van der Waals surface area contributed by atoms with Gasteiger partial charge in [-0.3, -0.25) is 14.4 Å². The number of ketones is 1. The predicted octanol–water partition coefficient (Wildman–Crippen LogP) is 3.47. The molecule has 0 radical (unpaired) electrons. The molecule has 0 unspecified atom stereocenters. The molecule has 0 spiro atoms. The third-order valence-corrected chi connectivity index (χ3v) is 4.39. The first-order valence-corrected chi connectivity index (χ1v) is 8.81. The van der Waals surface area contributed by atoms with Crippen LogP contribution in [0.15, 0.2) is 10.9 Å². The van der Waals surface area contributed by atoms with E-state index in [0.29, 0.717) is 24.1 Å². The maximum atomic E-state index is 12.6. The Morgan fingerprint density at radius 3 is 2.32 bits per heavy atom. The lowest BCUT2D eigenvalue weighted by Gasteiger charge is -2.33. The number of H-pyrrole nitrogens is 1. The molecular formula is C20H30N2O3. The molecule has 0 aromatic carbocycles. The van der Waals surface area contributed by atoms with Crippen LogP contribution in [0.4, 0.5) is 0 Å². The van der Waals surface area contributed by atoms with Crippen LogP contribution in [0.5, 0.6) is 0 Å². The highest BCUT2D eigenvalue weighted by molar-refractivity contribution is 6.02. The van der Waals surface area contributed by atoms with E-state index in [4.69, 9.17) is 0 Å². The third kappa shape index (κ3) is 4.80. The molecule has 1 aromatic heterocycles. The zero-order valence-corrected chi connectivity index (χ0v) is 16.4. The summed E-state index contributed by atoms with van der Waals surface area (Å²) in [6.07, 6.45) is 1.81. The van der Waals surface area contributed by atoms with Gasteiger partial charge in [0.2, 0.25) is 0 Å². The topological polar surface area (TPSA) is 79.0 Å². The van der Waals surface area contributed by atoms with Crippen molar-refractivity contribution in [2.75, 3.05) is 0 Å². The molecule has 1 heterocycles. The second-order valence-corrected chi connectivity index (χ2v) is 9.92. The first kappa shape index (κ1) is 19.4. The molecule has 0 fully saturated rings. The number of hydrogen-bond acceptors (Lipinski definition) is 3. The van der Waals surface area contributed by atoms with Crippen molar-refractivity contribution in [1.82, 2.24) is 10.3 Å². The number of nitrogens with one attached hydrogen (secondary N) is 2. The van der Waals surface area contributed by atoms with Gasteiger partial charge < -0.3 is 10.3 Å². The monoisotopic (exact) mass is 346 g/mol. The van der Waals surface area contributed by atoms with Gasteiger partial charge in [0.1, 0.15) is 5.56 Å². The minimum Gasteiger partial charge on any atom is -0.347 e. The molecule has 0 aliphatic heterocycles. The maximum absolute atomic E-state index is 12.6. The standard InChI is InChI=1S/C20H30N2O3/c1-18(2,3)11-20(6,7)22-17(25)13-8-12-14(21-16(13)24)9-19(4,5)10-15(12)23/h8H,9-11H2,1-7H3,(H,21,24)(H,22,25). The molecular weight excluding hydrogens is 316 g/mol. The molecule has 0 saturated carbocycles. The summed E-state index contributed by atoms with van der Waals surface area (Å²) in [5.41, 5.74) is 0.0898. The lowest BCUT2D eigenvalue weighted by atomic mass is 9.75. The average Bonchev–Trinajstić information content (AvgIpc) is 2.31. The minimum absolute atomic E-state index is 0.00814. The minimum atomic E-state index is -0.455. The summed E-state index contributed by atoms with van der Waals surface area (Å²) in [6.45, 7) is 14.2. The third-order valence-electron chi connectivity index (χ3n) is 4.39. The van der Waals surface area contributed by atoms with Crippen LogP contribution in [-0.4, -0.2) is 22.2 Å². The predicted molar refractivity (Wildman–Crippen MR) is 99.1 cm³/mol. The molecule has 0 saturated heterocycles. The Hall–Kier alpha value is -1.91. The maximum Gasteiger partial charge on any atom is 0.261 e. The van der Waals surface area contributed by atoms with Crippen LogP contribution in [0.25, 0.3) is 0 Å². The lowest BCUT2D eigenvalue weighted by molar-refractivity contribution is 0.0890.